The Morgan fingerprint density at radius 1 is 1.28 bits per heavy atom. The minimum Gasteiger partial charge on any atom is -0.312 e. The molecule has 18 heavy (non-hydrogen) atoms. The Labute approximate surface area is 115 Å². The van der Waals surface area contributed by atoms with Crippen LogP contribution in [0.2, 0.25) is 0 Å². The molecule has 1 unspecified atom stereocenters. The molecular weight excluding hydrogens is 245 g/mol. The van der Waals surface area contributed by atoms with Crippen LogP contribution in [0.3, 0.4) is 0 Å². The minimum absolute atomic E-state index is 0.0647. The van der Waals surface area contributed by atoms with Gasteiger partial charge in [0, 0.05) is 22.1 Å². The molecule has 1 nitrogen and oxygen atoms in total. The van der Waals surface area contributed by atoms with Crippen LogP contribution in [-0.2, 0) is 0 Å². The fraction of sp³-hybridized carbons (Fsp3) is 0.600. The summed E-state index contributed by atoms with van der Waals surface area (Å²) in [6, 6.07) is 3.73. The molecule has 0 bridgehead atoms. The molecule has 102 valence electrons. The standard InChI is InChI=1S/C15H24FNS/c1-10-7-11(2)14(12(16)8-10)13(17-6)9-18-15(3,4)5/h7-8,13,17H,9H2,1-6H3. The highest BCUT2D eigenvalue weighted by molar-refractivity contribution is 8.00. The van der Waals surface area contributed by atoms with Crippen molar-refractivity contribution in [1.82, 2.24) is 5.32 Å². The highest BCUT2D eigenvalue weighted by Gasteiger charge is 2.20. The van der Waals surface area contributed by atoms with Crippen LogP contribution in [0.25, 0.3) is 0 Å². The van der Waals surface area contributed by atoms with Gasteiger partial charge < -0.3 is 5.32 Å². The molecular formula is C15H24FNS. The van der Waals surface area contributed by atoms with Gasteiger partial charge in [-0.3, -0.25) is 0 Å². The monoisotopic (exact) mass is 269 g/mol. The molecule has 1 atom stereocenters. The lowest BCUT2D eigenvalue weighted by molar-refractivity contribution is 0.560. The molecule has 0 aliphatic carbocycles. The summed E-state index contributed by atoms with van der Waals surface area (Å²) in [5, 5.41) is 3.23. The first-order valence-electron chi connectivity index (χ1n) is 6.32. The summed E-state index contributed by atoms with van der Waals surface area (Å²) in [7, 11) is 1.90. The van der Waals surface area contributed by atoms with Crippen LogP contribution in [0, 0.1) is 19.7 Å². The van der Waals surface area contributed by atoms with Gasteiger partial charge in [-0.15, -0.1) is 0 Å². The van der Waals surface area contributed by atoms with E-state index in [1.807, 2.05) is 38.7 Å². The van der Waals surface area contributed by atoms with Crippen LogP contribution >= 0.6 is 11.8 Å². The zero-order valence-electron chi connectivity index (χ0n) is 12.2. The predicted octanol–water partition coefficient (Wildman–Crippen LogP) is 4.23. The van der Waals surface area contributed by atoms with Gasteiger partial charge >= 0.3 is 0 Å². The predicted molar refractivity (Wildman–Crippen MR) is 79.9 cm³/mol. The van der Waals surface area contributed by atoms with E-state index in [4.69, 9.17) is 0 Å². The first-order chi connectivity index (χ1) is 8.24. The first-order valence-corrected chi connectivity index (χ1v) is 7.31. The second-order valence-electron chi connectivity index (χ2n) is 5.74. The van der Waals surface area contributed by atoms with Crippen LogP contribution in [0.5, 0.6) is 0 Å². The maximum absolute atomic E-state index is 14.1. The van der Waals surface area contributed by atoms with Crippen molar-refractivity contribution < 1.29 is 4.39 Å². The molecule has 0 spiro atoms. The van der Waals surface area contributed by atoms with Crippen molar-refractivity contribution in [2.45, 2.75) is 45.4 Å². The van der Waals surface area contributed by atoms with Crippen molar-refractivity contribution >= 4 is 11.8 Å². The Morgan fingerprint density at radius 2 is 1.89 bits per heavy atom. The van der Waals surface area contributed by atoms with Crippen molar-refractivity contribution in [3.05, 3.63) is 34.6 Å². The molecule has 0 saturated heterocycles. The second-order valence-corrected chi connectivity index (χ2v) is 7.59. The lowest BCUT2D eigenvalue weighted by atomic mass is 9.99. The third-order valence-corrected chi connectivity index (χ3v) is 4.23. The van der Waals surface area contributed by atoms with Gasteiger partial charge in [-0.1, -0.05) is 26.8 Å². The number of rotatable bonds is 4. The summed E-state index contributed by atoms with van der Waals surface area (Å²) in [5.41, 5.74) is 2.81. The molecule has 0 fully saturated rings. The third kappa shape index (κ3) is 4.29. The van der Waals surface area contributed by atoms with E-state index in [-0.39, 0.29) is 16.6 Å². The van der Waals surface area contributed by atoms with Gasteiger partial charge in [0.15, 0.2) is 0 Å². The number of halogens is 1. The van der Waals surface area contributed by atoms with Crippen LogP contribution in [0.1, 0.15) is 43.5 Å². The van der Waals surface area contributed by atoms with Gasteiger partial charge in [0.05, 0.1) is 0 Å². The zero-order chi connectivity index (χ0) is 13.9. The van der Waals surface area contributed by atoms with Crippen LogP contribution in [-0.4, -0.2) is 17.5 Å². The molecule has 0 aromatic heterocycles. The molecule has 3 heteroatoms. The summed E-state index contributed by atoms with van der Waals surface area (Å²) >= 11 is 1.85. The molecule has 1 rings (SSSR count). The molecule has 0 saturated carbocycles. The minimum atomic E-state index is -0.0960. The zero-order valence-corrected chi connectivity index (χ0v) is 13.0. The Hall–Kier alpha value is -0.540. The van der Waals surface area contributed by atoms with Crippen molar-refractivity contribution in [1.29, 1.82) is 0 Å². The van der Waals surface area contributed by atoms with Gasteiger partial charge in [0.2, 0.25) is 0 Å². The summed E-state index contributed by atoms with van der Waals surface area (Å²) in [6.45, 7) is 10.5. The molecule has 0 amide bonds. The van der Waals surface area contributed by atoms with E-state index < -0.39 is 0 Å². The average Bonchev–Trinajstić information content (AvgIpc) is 2.20. The van der Waals surface area contributed by atoms with E-state index in [2.05, 4.69) is 26.1 Å². The summed E-state index contributed by atoms with van der Waals surface area (Å²) < 4.78 is 14.3. The van der Waals surface area contributed by atoms with Crippen LogP contribution in [0.4, 0.5) is 4.39 Å². The third-order valence-electron chi connectivity index (χ3n) is 2.86. The molecule has 1 aromatic carbocycles. The van der Waals surface area contributed by atoms with Crippen molar-refractivity contribution in [2.24, 2.45) is 0 Å². The molecule has 1 N–H and O–H groups in total. The normalized spacial score (nSPS) is 13.7. The van der Waals surface area contributed by atoms with E-state index in [1.165, 1.54) is 0 Å². The fourth-order valence-electron chi connectivity index (χ4n) is 2.01. The summed E-state index contributed by atoms with van der Waals surface area (Å²) in [5.74, 6) is 0.780. The van der Waals surface area contributed by atoms with Crippen molar-refractivity contribution in [3.8, 4) is 0 Å². The van der Waals surface area contributed by atoms with Gasteiger partial charge in [-0.25, -0.2) is 4.39 Å². The lowest BCUT2D eigenvalue weighted by Crippen LogP contribution is -2.23. The number of hydrogen-bond acceptors (Lipinski definition) is 2. The maximum atomic E-state index is 14.1. The fourth-order valence-corrected chi connectivity index (χ4v) is 3.01. The number of benzene rings is 1. The van der Waals surface area contributed by atoms with E-state index in [0.717, 1.165) is 22.4 Å². The molecule has 1 aromatic rings. The smallest absolute Gasteiger partial charge is 0.128 e. The van der Waals surface area contributed by atoms with Gasteiger partial charge in [0.25, 0.3) is 0 Å². The lowest BCUT2D eigenvalue weighted by Gasteiger charge is -2.24. The summed E-state index contributed by atoms with van der Waals surface area (Å²) in [4.78, 5) is 0. The Balaban J connectivity index is 2.95. The van der Waals surface area contributed by atoms with Crippen molar-refractivity contribution in [3.63, 3.8) is 0 Å². The van der Waals surface area contributed by atoms with Gasteiger partial charge in [-0.2, -0.15) is 11.8 Å². The van der Waals surface area contributed by atoms with Crippen LogP contribution in [0.15, 0.2) is 12.1 Å². The number of thioether (sulfide) groups is 1. The molecule has 0 radical (unpaired) electrons. The Kier molecular flexibility index (Phi) is 5.23. The number of hydrogen-bond donors (Lipinski definition) is 1. The first kappa shape index (κ1) is 15.5. The second kappa shape index (κ2) is 6.07. The Bertz CT molecular complexity index is 386. The van der Waals surface area contributed by atoms with E-state index in [9.17, 15) is 4.39 Å². The van der Waals surface area contributed by atoms with Gasteiger partial charge in [0.1, 0.15) is 5.82 Å². The molecule has 0 heterocycles. The maximum Gasteiger partial charge on any atom is 0.128 e. The number of nitrogens with one attached hydrogen (secondary N) is 1. The Morgan fingerprint density at radius 3 is 2.33 bits per heavy atom. The van der Waals surface area contributed by atoms with Gasteiger partial charge in [-0.05, 0) is 38.1 Å². The van der Waals surface area contributed by atoms with E-state index >= 15 is 0 Å². The quantitative estimate of drug-likeness (QED) is 0.877. The largest absolute Gasteiger partial charge is 0.312 e. The SMILES string of the molecule is CNC(CSC(C)(C)C)c1c(C)cc(C)cc1F. The highest BCUT2D eigenvalue weighted by atomic mass is 32.2. The summed E-state index contributed by atoms with van der Waals surface area (Å²) in [6.07, 6.45) is 0. The van der Waals surface area contributed by atoms with Crippen molar-refractivity contribution in [2.75, 3.05) is 12.8 Å². The van der Waals surface area contributed by atoms with E-state index in [0.29, 0.717) is 0 Å². The highest BCUT2D eigenvalue weighted by Crippen LogP contribution is 2.31. The average molecular weight is 269 g/mol. The topological polar surface area (TPSA) is 12.0 Å². The van der Waals surface area contributed by atoms with Crippen LogP contribution < -0.4 is 5.32 Å². The van der Waals surface area contributed by atoms with E-state index in [1.54, 1.807) is 6.07 Å². The molecule has 0 aliphatic rings. The number of aryl methyl sites for hydroxylation is 2. The molecule has 0 aliphatic heterocycles.